The maximum Gasteiger partial charge on any atom is 0.124 e. The second-order valence-electron chi connectivity index (χ2n) is 5.79. The van der Waals surface area contributed by atoms with Gasteiger partial charge in [0.25, 0.3) is 0 Å². The number of aliphatic hydroxyl groups is 1. The Kier molecular flexibility index (Phi) is 4.42. The molecule has 0 heterocycles. The van der Waals surface area contributed by atoms with Crippen LogP contribution in [0.3, 0.4) is 0 Å². The Labute approximate surface area is 125 Å². The molecule has 0 aromatic heterocycles. The van der Waals surface area contributed by atoms with Crippen LogP contribution in [0.4, 0.5) is 0 Å². The minimum absolute atomic E-state index is 0.352. The maximum atomic E-state index is 9.71. The van der Waals surface area contributed by atoms with Crippen molar-refractivity contribution in [1.29, 1.82) is 0 Å². The standard InChI is InChI=1S/C18H23NO2/c1-2-15(20)12-21-18-10-7-13-5-3-4-6-16(13)17(18)11-19-14-8-9-14/h3-7,10,14-15,19-20H,2,8-9,11-12H2,1H3. The van der Waals surface area contributed by atoms with Crippen molar-refractivity contribution < 1.29 is 9.84 Å². The molecule has 112 valence electrons. The van der Waals surface area contributed by atoms with Gasteiger partial charge in [-0.1, -0.05) is 37.3 Å². The van der Waals surface area contributed by atoms with Crippen molar-refractivity contribution in [3.8, 4) is 5.75 Å². The van der Waals surface area contributed by atoms with E-state index >= 15 is 0 Å². The fraction of sp³-hybridized carbons (Fsp3) is 0.444. The minimum Gasteiger partial charge on any atom is -0.491 e. The van der Waals surface area contributed by atoms with E-state index in [0.717, 1.165) is 12.3 Å². The van der Waals surface area contributed by atoms with Crippen LogP contribution in [0, 0.1) is 0 Å². The molecule has 1 aliphatic carbocycles. The number of hydrogen-bond acceptors (Lipinski definition) is 3. The lowest BCUT2D eigenvalue weighted by molar-refractivity contribution is 0.104. The molecule has 0 bridgehead atoms. The molecule has 3 rings (SSSR count). The Balaban J connectivity index is 1.86. The Morgan fingerprint density at radius 3 is 2.81 bits per heavy atom. The molecule has 2 aromatic rings. The first-order valence-corrected chi connectivity index (χ1v) is 7.82. The van der Waals surface area contributed by atoms with Gasteiger partial charge in [0.05, 0.1) is 6.10 Å². The summed E-state index contributed by atoms with van der Waals surface area (Å²) in [5.41, 5.74) is 1.20. The van der Waals surface area contributed by atoms with Crippen molar-refractivity contribution >= 4 is 10.8 Å². The van der Waals surface area contributed by atoms with Crippen LogP contribution in [-0.4, -0.2) is 23.9 Å². The van der Waals surface area contributed by atoms with E-state index in [0.29, 0.717) is 19.1 Å². The molecule has 21 heavy (non-hydrogen) atoms. The summed E-state index contributed by atoms with van der Waals surface area (Å²) < 4.78 is 5.86. The lowest BCUT2D eigenvalue weighted by Crippen LogP contribution is -2.19. The summed E-state index contributed by atoms with van der Waals surface area (Å²) in [6.07, 6.45) is 2.86. The van der Waals surface area contributed by atoms with Crippen molar-refractivity contribution in [2.45, 2.75) is 44.9 Å². The van der Waals surface area contributed by atoms with E-state index in [4.69, 9.17) is 4.74 Å². The Morgan fingerprint density at radius 1 is 1.24 bits per heavy atom. The van der Waals surface area contributed by atoms with Crippen LogP contribution in [0.25, 0.3) is 10.8 Å². The zero-order valence-corrected chi connectivity index (χ0v) is 12.5. The fourth-order valence-corrected chi connectivity index (χ4v) is 2.47. The van der Waals surface area contributed by atoms with E-state index in [1.54, 1.807) is 0 Å². The van der Waals surface area contributed by atoms with Crippen molar-refractivity contribution in [2.75, 3.05) is 6.61 Å². The fourth-order valence-electron chi connectivity index (χ4n) is 2.47. The van der Waals surface area contributed by atoms with Gasteiger partial charge in [0.15, 0.2) is 0 Å². The lowest BCUT2D eigenvalue weighted by Gasteiger charge is -2.16. The number of benzene rings is 2. The third-order valence-corrected chi connectivity index (χ3v) is 4.04. The molecule has 1 fully saturated rings. The van der Waals surface area contributed by atoms with Crippen molar-refractivity contribution in [2.24, 2.45) is 0 Å². The second kappa shape index (κ2) is 6.46. The number of nitrogens with one attached hydrogen (secondary N) is 1. The maximum absolute atomic E-state index is 9.71. The molecule has 1 atom stereocenters. The van der Waals surface area contributed by atoms with Crippen LogP contribution in [-0.2, 0) is 6.54 Å². The molecule has 0 radical (unpaired) electrons. The van der Waals surface area contributed by atoms with Crippen molar-refractivity contribution in [3.63, 3.8) is 0 Å². The average Bonchev–Trinajstić information content (AvgIpc) is 3.35. The molecule has 3 nitrogen and oxygen atoms in total. The normalized spacial score (nSPS) is 16.1. The smallest absolute Gasteiger partial charge is 0.124 e. The molecule has 1 unspecified atom stereocenters. The summed E-state index contributed by atoms with van der Waals surface area (Å²) in [4.78, 5) is 0. The third kappa shape index (κ3) is 3.55. The molecule has 0 aliphatic heterocycles. The van der Waals surface area contributed by atoms with Gasteiger partial charge < -0.3 is 15.2 Å². The molecule has 0 spiro atoms. The van der Waals surface area contributed by atoms with E-state index in [9.17, 15) is 5.11 Å². The zero-order valence-electron chi connectivity index (χ0n) is 12.5. The summed E-state index contributed by atoms with van der Waals surface area (Å²) in [5, 5.41) is 15.7. The number of ether oxygens (including phenoxy) is 1. The summed E-state index contributed by atoms with van der Waals surface area (Å²) in [7, 11) is 0. The van der Waals surface area contributed by atoms with Crippen LogP contribution in [0.15, 0.2) is 36.4 Å². The minimum atomic E-state index is -0.402. The monoisotopic (exact) mass is 285 g/mol. The van der Waals surface area contributed by atoms with E-state index in [1.165, 1.54) is 29.2 Å². The van der Waals surface area contributed by atoms with E-state index in [2.05, 4.69) is 35.6 Å². The quantitative estimate of drug-likeness (QED) is 0.820. The van der Waals surface area contributed by atoms with E-state index in [-0.39, 0.29) is 0 Å². The van der Waals surface area contributed by atoms with Gasteiger partial charge >= 0.3 is 0 Å². The first-order valence-electron chi connectivity index (χ1n) is 7.82. The van der Waals surface area contributed by atoms with E-state index < -0.39 is 6.10 Å². The Hall–Kier alpha value is -1.58. The van der Waals surface area contributed by atoms with Gasteiger partial charge in [0.1, 0.15) is 12.4 Å². The molecule has 1 saturated carbocycles. The first-order chi connectivity index (χ1) is 10.3. The van der Waals surface area contributed by atoms with Crippen molar-refractivity contribution in [3.05, 3.63) is 42.0 Å². The summed E-state index contributed by atoms with van der Waals surface area (Å²) >= 11 is 0. The zero-order chi connectivity index (χ0) is 14.7. The highest BCUT2D eigenvalue weighted by Crippen LogP contribution is 2.29. The summed E-state index contributed by atoms with van der Waals surface area (Å²) in [6, 6.07) is 13.2. The van der Waals surface area contributed by atoms with Crippen molar-refractivity contribution in [1.82, 2.24) is 5.32 Å². The van der Waals surface area contributed by atoms with Crippen LogP contribution >= 0.6 is 0 Å². The topological polar surface area (TPSA) is 41.5 Å². The lowest BCUT2D eigenvalue weighted by atomic mass is 10.0. The third-order valence-electron chi connectivity index (χ3n) is 4.04. The van der Waals surface area contributed by atoms with Crippen LogP contribution in [0.5, 0.6) is 5.75 Å². The van der Waals surface area contributed by atoms with Gasteiger partial charge in [-0.25, -0.2) is 0 Å². The number of aliphatic hydroxyl groups excluding tert-OH is 1. The molecule has 2 aromatic carbocycles. The van der Waals surface area contributed by atoms with Crippen LogP contribution in [0.1, 0.15) is 31.7 Å². The molecular weight excluding hydrogens is 262 g/mol. The first kappa shape index (κ1) is 14.4. The molecule has 1 aliphatic rings. The van der Waals surface area contributed by atoms with E-state index in [1.807, 2.05) is 13.0 Å². The van der Waals surface area contributed by atoms with Gasteiger partial charge in [-0.15, -0.1) is 0 Å². The average molecular weight is 285 g/mol. The molecule has 0 amide bonds. The van der Waals surface area contributed by atoms with Gasteiger partial charge in [-0.05, 0) is 36.1 Å². The molecule has 0 saturated heterocycles. The highest BCUT2D eigenvalue weighted by molar-refractivity contribution is 5.87. The Bertz CT molecular complexity index is 607. The predicted octanol–water partition coefficient (Wildman–Crippen LogP) is 3.24. The highest BCUT2D eigenvalue weighted by Gasteiger charge is 2.21. The van der Waals surface area contributed by atoms with Gasteiger partial charge in [0, 0.05) is 18.2 Å². The largest absolute Gasteiger partial charge is 0.491 e. The number of fused-ring (bicyclic) bond motifs is 1. The van der Waals surface area contributed by atoms with Gasteiger partial charge in [-0.2, -0.15) is 0 Å². The molecule has 2 N–H and O–H groups in total. The second-order valence-corrected chi connectivity index (χ2v) is 5.79. The number of rotatable bonds is 7. The highest BCUT2D eigenvalue weighted by atomic mass is 16.5. The molecule has 3 heteroatoms. The summed E-state index contributed by atoms with van der Waals surface area (Å²) in [5.74, 6) is 0.884. The van der Waals surface area contributed by atoms with Crippen LogP contribution < -0.4 is 10.1 Å². The molecular formula is C18H23NO2. The predicted molar refractivity (Wildman–Crippen MR) is 85.6 cm³/mol. The van der Waals surface area contributed by atoms with Gasteiger partial charge in [-0.3, -0.25) is 0 Å². The van der Waals surface area contributed by atoms with Gasteiger partial charge in [0.2, 0.25) is 0 Å². The number of hydrogen-bond donors (Lipinski definition) is 2. The Morgan fingerprint density at radius 2 is 2.05 bits per heavy atom. The van der Waals surface area contributed by atoms with Crippen LogP contribution in [0.2, 0.25) is 0 Å². The SMILES string of the molecule is CCC(O)COc1ccc2ccccc2c1CNC1CC1. The summed E-state index contributed by atoms with van der Waals surface area (Å²) in [6.45, 7) is 3.14.